The summed E-state index contributed by atoms with van der Waals surface area (Å²) in [6, 6.07) is 0. The van der Waals surface area contributed by atoms with E-state index in [9.17, 15) is 9.90 Å². The highest BCUT2D eigenvalue weighted by Crippen LogP contribution is 2.43. The van der Waals surface area contributed by atoms with Gasteiger partial charge in [-0.3, -0.25) is 4.79 Å². The third-order valence-electron chi connectivity index (χ3n) is 4.41. The van der Waals surface area contributed by atoms with Crippen LogP contribution < -0.4 is 0 Å². The molecule has 0 radical (unpaired) electrons. The maximum atomic E-state index is 12.2. The topological polar surface area (TPSA) is 65.0 Å². The molecule has 0 aromatic carbocycles. The van der Waals surface area contributed by atoms with Crippen LogP contribution in [0.4, 0.5) is 0 Å². The Morgan fingerprint density at radius 1 is 1.45 bits per heavy atom. The van der Waals surface area contributed by atoms with E-state index in [1.165, 1.54) is 0 Å². The predicted octanol–water partition coefficient (Wildman–Crippen LogP) is 2.29. The number of aliphatic hydroxyl groups excluding tert-OH is 1. The van der Waals surface area contributed by atoms with Crippen LogP contribution in [-0.4, -0.2) is 45.0 Å². The summed E-state index contributed by atoms with van der Waals surface area (Å²) >= 11 is 0. The van der Waals surface area contributed by atoms with Crippen LogP contribution in [0.15, 0.2) is 0 Å². The lowest BCUT2D eigenvalue weighted by molar-refractivity contribution is -0.160. The quantitative estimate of drug-likeness (QED) is 0.638. The van der Waals surface area contributed by atoms with Crippen LogP contribution in [0.3, 0.4) is 0 Å². The van der Waals surface area contributed by atoms with E-state index in [4.69, 9.17) is 13.9 Å². The molecular weight excluding hydrogens is 276 g/mol. The molecule has 6 heteroatoms. The highest BCUT2D eigenvalue weighted by Gasteiger charge is 2.56. The Balaban J connectivity index is 2.98. The van der Waals surface area contributed by atoms with Crippen LogP contribution in [0.2, 0.25) is 18.1 Å². The van der Waals surface area contributed by atoms with E-state index in [1.54, 1.807) is 13.8 Å². The predicted molar refractivity (Wildman–Crippen MR) is 78.8 cm³/mol. The molecule has 0 aromatic heterocycles. The lowest BCUT2D eigenvalue weighted by atomic mass is 9.87. The van der Waals surface area contributed by atoms with Gasteiger partial charge < -0.3 is 19.0 Å². The van der Waals surface area contributed by atoms with Gasteiger partial charge in [-0.1, -0.05) is 20.8 Å². The van der Waals surface area contributed by atoms with Gasteiger partial charge in [-0.05, 0) is 32.0 Å². The number of carbonyl (C=O) groups excluding carboxylic acids is 1. The van der Waals surface area contributed by atoms with Gasteiger partial charge in [-0.2, -0.15) is 0 Å². The summed E-state index contributed by atoms with van der Waals surface area (Å²) in [4.78, 5) is 12.2. The molecule has 118 valence electrons. The molecule has 0 bridgehead atoms. The summed E-state index contributed by atoms with van der Waals surface area (Å²) in [7, 11) is -2.12. The molecule has 1 heterocycles. The van der Waals surface area contributed by atoms with Crippen LogP contribution in [0, 0.1) is 5.41 Å². The molecule has 20 heavy (non-hydrogen) atoms. The van der Waals surface area contributed by atoms with E-state index < -0.39 is 26.1 Å². The van der Waals surface area contributed by atoms with E-state index in [-0.39, 0.29) is 17.6 Å². The molecule has 3 atom stereocenters. The van der Waals surface area contributed by atoms with Crippen molar-refractivity contribution in [3.63, 3.8) is 0 Å². The van der Waals surface area contributed by atoms with E-state index >= 15 is 0 Å². The van der Waals surface area contributed by atoms with Crippen molar-refractivity contribution >= 4 is 14.3 Å². The van der Waals surface area contributed by atoms with Gasteiger partial charge in [0.05, 0.1) is 13.2 Å². The molecule has 0 aliphatic carbocycles. The number of carbonyl (C=O) groups is 1. The Morgan fingerprint density at radius 2 is 2.00 bits per heavy atom. The summed E-state index contributed by atoms with van der Waals surface area (Å²) in [5.41, 5.74) is -0.953. The van der Waals surface area contributed by atoms with Gasteiger partial charge in [0.1, 0.15) is 11.5 Å². The number of rotatable bonds is 4. The van der Waals surface area contributed by atoms with Crippen molar-refractivity contribution in [1.82, 2.24) is 0 Å². The molecule has 5 nitrogen and oxygen atoms in total. The second-order valence-electron chi connectivity index (χ2n) is 7.14. The van der Waals surface area contributed by atoms with E-state index in [0.29, 0.717) is 6.61 Å². The summed E-state index contributed by atoms with van der Waals surface area (Å²) in [5, 5.41) is 10.0. The Bertz CT molecular complexity index is 363. The first-order valence-electron chi connectivity index (χ1n) is 7.10. The molecule has 1 fully saturated rings. The first-order valence-corrected chi connectivity index (χ1v) is 10.0. The fourth-order valence-corrected chi connectivity index (χ4v) is 3.26. The average Bonchev–Trinajstić information content (AvgIpc) is 2.57. The summed E-state index contributed by atoms with van der Waals surface area (Å²) in [6.45, 7) is 14.4. The third kappa shape index (κ3) is 3.24. The SMILES string of the molecule is CCOC(=O)[C@]1(C)COC(O)[C@@H]1O[Si](C)(C)C(C)(C)C. The highest BCUT2D eigenvalue weighted by atomic mass is 28.4. The van der Waals surface area contributed by atoms with Crippen LogP contribution in [0.25, 0.3) is 0 Å². The molecule has 1 saturated heterocycles. The maximum absolute atomic E-state index is 12.2. The minimum atomic E-state index is -2.12. The summed E-state index contributed by atoms with van der Waals surface area (Å²) < 4.78 is 16.6. The number of aliphatic hydroxyl groups is 1. The van der Waals surface area contributed by atoms with Crippen LogP contribution >= 0.6 is 0 Å². The van der Waals surface area contributed by atoms with E-state index in [2.05, 4.69) is 33.9 Å². The van der Waals surface area contributed by atoms with Crippen LogP contribution in [0.1, 0.15) is 34.6 Å². The largest absolute Gasteiger partial charge is 0.465 e. The van der Waals surface area contributed by atoms with Crippen molar-refractivity contribution in [2.45, 2.75) is 65.1 Å². The van der Waals surface area contributed by atoms with Gasteiger partial charge >= 0.3 is 5.97 Å². The molecule has 0 spiro atoms. The normalized spacial score (nSPS) is 31.4. The van der Waals surface area contributed by atoms with Gasteiger partial charge in [-0.15, -0.1) is 0 Å². The zero-order valence-corrected chi connectivity index (χ0v) is 14.6. The zero-order valence-electron chi connectivity index (χ0n) is 13.6. The lowest BCUT2D eigenvalue weighted by Crippen LogP contribution is -2.52. The minimum absolute atomic E-state index is 0.00905. The first-order chi connectivity index (χ1) is 8.95. The Labute approximate surface area is 122 Å². The third-order valence-corrected chi connectivity index (χ3v) is 8.87. The van der Waals surface area contributed by atoms with Gasteiger partial charge in [-0.25, -0.2) is 0 Å². The molecule has 0 amide bonds. The molecule has 1 aliphatic heterocycles. The van der Waals surface area contributed by atoms with E-state index in [0.717, 1.165) is 0 Å². The standard InChI is InChI=1S/C14H28O5Si/c1-8-17-12(16)14(5)9-18-11(15)10(14)19-20(6,7)13(2,3)4/h10-11,15H,8-9H2,1-7H3/t10-,11?,14+/m0/s1. The number of ether oxygens (including phenoxy) is 2. The molecule has 0 aromatic rings. The summed E-state index contributed by atoms with van der Waals surface area (Å²) in [5.74, 6) is -0.375. The first kappa shape index (κ1) is 17.6. The van der Waals surface area contributed by atoms with E-state index in [1.807, 2.05) is 0 Å². The highest BCUT2D eigenvalue weighted by molar-refractivity contribution is 6.74. The fourth-order valence-electron chi connectivity index (χ4n) is 1.90. The number of esters is 1. The van der Waals surface area contributed by atoms with Crippen molar-refractivity contribution in [3.05, 3.63) is 0 Å². The summed E-state index contributed by atoms with van der Waals surface area (Å²) in [6.07, 6.45) is -1.76. The van der Waals surface area contributed by atoms with Crippen molar-refractivity contribution in [2.75, 3.05) is 13.2 Å². The lowest BCUT2D eigenvalue weighted by Gasteiger charge is -2.41. The maximum Gasteiger partial charge on any atom is 0.316 e. The van der Waals surface area contributed by atoms with Gasteiger partial charge in [0.15, 0.2) is 14.6 Å². The Hall–Kier alpha value is -0.433. The van der Waals surface area contributed by atoms with Crippen molar-refractivity contribution < 1.29 is 23.8 Å². The minimum Gasteiger partial charge on any atom is -0.465 e. The van der Waals surface area contributed by atoms with Gasteiger partial charge in [0.25, 0.3) is 0 Å². The molecule has 1 N–H and O–H groups in total. The Morgan fingerprint density at radius 3 is 2.45 bits per heavy atom. The van der Waals surface area contributed by atoms with Gasteiger partial charge in [0, 0.05) is 0 Å². The van der Waals surface area contributed by atoms with Gasteiger partial charge in [0.2, 0.25) is 0 Å². The molecule has 0 saturated carbocycles. The Kier molecular flexibility index (Phi) is 5.07. The molecule has 1 aliphatic rings. The zero-order chi connectivity index (χ0) is 15.8. The van der Waals surface area contributed by atoms with Crippen LogP contribution in [-0.2, 0) is 18.7 Å². The smallest absolute Gasteiger partial charge is 0.316 e. The van der Waals surface area contributed by atoms with Crippen molar-refractivity contribution in [1.29, 1.82) is 0 Å². The molecule has 1 rings (SSSR count). The molecule has 1 unspecified atom stereocenters. The van der Waals surface area contributed by atoms with Crippen LogP contribution in [0.5, 0.6) is 0 Å². The second-order valence-corrected chi connectivity index (χ2v) is 11.9. The van der Waals surface area contributed by atoms with Crippen molar-refractivity contribution in [3.8, 4) is 0 Å². The number of hydrogen-bond donors (Lipinski definition) is 1. The molecular formula is C14H28O5Si. The average molecular weight is 304 g/mol. The monoisotopic (exact) mass is 304 g/mol. The fraction of sp³-hybridized carbons (Fsp3) is 0.929. The second kappa shape index (κ2) is 5.75. The van der Waals surface area contributed by atoms with Crippen molar-refractivity contribution in [2.24, 2.45) is 5.41 Å². The number of hydrogen-bond acceptors (Lipinski definition) is 5.